The molecular weight excluding hydrogens is 194 g/mol. The predicted octanol–water partition coefficient (Wildman–Crippen LogP) is 3.57. The summed E-state index contributed by atoms with van der Waals surface area (Å²) in [6.07, 6.45) is 1.20. The van der Waals surface area contributed by atoms with Crippen LogP contribution in [0, 0.1) is 0 Å². The van der Waals surface area contributed by atoms with E-state index < -0.39 is 0 Å². The highest BCUT2D eigenvalue weighted by Crippen LogP contribution is 2.12. The lowest BCUT2D eigenvalue weighted by Gasteiger charge is -2.19. The largest absolute Gasteiger partial charge is 0.299 e. The topological polar surface area (TPSA) is 3.24 Å². The zero-order valence-electron chi connectivity index (χ0n) is 8.96. The van der Waals surface area contributed by atoms with Crippen LogP contribution in [0.4, 0.5) is 0 Å². The van der Waals surface area contributed by atoms with Crippen molar-refractivity contribution in [2.75, 3.05) is 13.1 Å². The zero-order valence-corrected chi connectivity index (χ0v) is 9.72. The minimum absolute atomic E-state index is 0.829. The van der Waals surface area contributed by atoms with Crippen molar-refractivity contribution in [1.82, 2.24) is 4.90 Å². The molecule has 1 aromatic carbocycles. The first-order valence-corrected chi connectivity index (χ1v) is 5.60. The van der Waals surface area contributed by atoms with Crippen LogP contribution in [0.1, 0.15) is 25.8 Å². The van der Waals surface area contributed by atoms with E-state index in [0.717, 1.165) is 24.7 Å². The van der Waals surface area contributed by atoms with Crippen molar-refractivity contribution < 1.29 is 0 Å². The van der Waals surface area contributed by atoms with Gasteiger partial charge in [0.15, 0.2) is 0 Å². The summed E-state index contributed by atoms with van der Waals surface area (Å²) in [6.45, 7) is 7.66. The summed E-state index contributed by atoms with van der Waals surface area (Å²) in [7, 11) is 0. The maximum Gasteiger partial charge on any atom is 0.0409 e. The fourth-order valence-electron chi connectivity index (χ4n) is 1.56. The fraction of sp³-hybridized carbons (Fsp3) is 0.500. The van der Waals surface area contributed by atoms with E-state index in [2.05, 4.69) is 24.8 Å². The summed E-state index contributed by atoms with van der Waals surface area (Å²) in [5.74, 6) is 0. The lowest BCUT2D eigenvalue weighted by molar-refractivity contribution is 0.280. The molecule has 0 N–H and O–H groups in total. The molecule has 0 amide bonds. The van der Waals surface area contributed by atoms with Gasteiger partial charge in [-0.15, -0.1) is 0 Å². The molecule has 14 heavy (non-hydrogen) atoms. The van der Waals surface area contributed by atoms with Gasteiger partial charge < -0.3 is 0 Å². The third-order valence-corrected chi connectivity index (χ3v) is 2.52. The van der Waals surface area contributed by atoms with E-state index in [1.807, 2.05) is 18.2 Å². The van der Waals surface area contributed by atoms with Crippen molar-refractivity contribution in [3.63, 3.8) is 0 Å². The molecule has 78 valence electrons. The lowest BCUT2D eigenvalue weighted by atomic mass is 10.2. The number of halogens is 1. The quantitative estimate of drug-likeness (QED) is 0.720. The van der Waals surface area contributed by atoms with Crippen molar-refractivity contribution >= 4 is 11.6 Å². The molecule has 0 radical (unpaired) electrons. The summed E-state index contributed by atoms with van der Waals surface area (Å²) in [6, 6.07) is 8.10. The molecule has 1 aromatic rings. The van der Waals surface area contributed by atoms with Gasteiger partial charge in [-0.2, -0.15) is 0 Å². The Morgan fingerprint density at radius 2 is 2.07 bits per heavy atom. The first-order chi connectivity index (χ1) is 6.76. The SMILES string of the molecule is CCCN(CC)Cc1cccc(Cl)c1. The molecule has 0 aromatic heterocycles. The molecule has 0 unspecified atom stereocenters. The molecule has 2 heteroatoms. The Balaban J connectivity index is 2.57. The lowest BCUT2D eigenvalue weighted by Crippen LogP contribution is -2.23. The predicted molar refractivity (Wildman–Crippen MR) is 62.7 cm³/mol. The van der Waals surface area contributed by atoms with Crippen molar-refractivity contribution in [2.45, 2.75) is 26.8 Å². The van der Waals surface area contributed by atoms with E-state index in [1.54, 1.807) is 0 Å². The second-order valence-electron chi connectivity index (χ2n) is 3.50. The van der Waals surface area contributed by atoms with Gasteiger partial charge >= 0.3 is 0 Å². The molecule has 1 rings (SSSR count). The van der Waals surface area contributed by atoms with Crippen LogP contribution in [0.2, 0.25) is 5.02 Å². The number of hydrogen-bond acceptors (Lipinski definition) is 1. The Kier molecular flexibility index (Phi) is 4.99. The third kappa shape index (κ3) is 3.69. The fourth-order valence-corrected chi connectivity index (χ4v) is 1.77. The van der Waals surface area contributed by atoms with E-state index >= 15 is 0 Å². The Hall–Kier alpha value is -0.530. The Morgan fingerprint density at radius 1 is 1.29 bits per heavy atom. The Bertz CT molecular complexity index is 273. The number of nitrogens with zero attached hydrogens (tertiary/aromatic N) is 1. The molecule has 0 aliphatic carbocycles. The molecule has 0 spiro atoms. The highest BCUT2D eigenvalue weighted by molar-refractivity contribution is 6.30. The molecule has 0 heterocycles. The maximum absolute atomic E-state index is 5.93. The van der Waals surface area contributed by atoms with Crippen LogP contribution in [0.5, 0.6) is 0 Å². The second kappa shape index (κ2) is 6.05. The van der Waals surface area contributed by atoms with Gasteiger partial charge in [0, 0.05) is 11.6 Å². The van der Waals surface area contributed by atoms with Gasteiger partial charge in [0.2, 0.25) is 0 Å². The Morgan fingerprint density at radius 3 is 2.64 bits per heavy atom. The van der Waals surface area contributed by atoms with E-state index in [1.165, 1.54) is 12.0 Å². The molecule has 0 saturated carbocycles. The van der Waals surface area contributed by atoms with Gasteiger partial charge in [0.25, 0.3) is 0 Å². The number of hydrogen-bond donors (Lipinski definition) is 0. The summed E-state index contributed by atoms with van der Waals surface area (Å²) in [5.41, 5.74) is 1.30. The molecule has 1 nitrogen and oxygen atoms in total. The van der Waals surface area contributed by atoms with E-state index in [4.69, 9.17) is 11.6 Å². The average Bonchev–Trinajstić information content (AvgIpc) is 2.17. The molecule has 0 fully saturated rings. The highest BCUT2D eigenvalue weighted by Gasteiger charge is 2.02. The second-order valence-corrected chi connectivity index (χ2v) is 3.94. The van der Waals surface area contributed by atoms with E-state index in [9.17, 15) is 0 Å². The summed E-state index contributed by atoms with van der Waals surface area (Å²) in [5, 5.41) is 0.829. The van der Waals surface area contributed by atoms with Gasteiger partial charge in [-0.05, 0) is 37.2 Å². The first kappa shape index (κ1) is 11.5. The summed E-state index contributed by atoms with van der Waals surface area (Å²) in [4.78, 5) is 2.42. The number of benzene rings is 1. The minimum atomic E-state index is 0.829. The zero-order chi connectivity index (χ0) is 10.4. The van der Waals surface area contributed by atoms with Crippen LogP contribution in [0.3, 0.4) is 0 Å². The smallest absolute Gasteiger partial charge is 0.0409 e. The van der Waals surface area contributed by atoms with Crippen LogP contribution < -0.4 is 0 Å². The van der Waals surface area contributed by atoms with Crippen LogP contribution in [-0.4, -0.2) is 18.0 Å². The standard InChI is InChI=1S/C12H18ClN/c1-3-8-14(4-2)10-11-6-5-7-12(13)9-11/h5-7,9H,3-4,8,10H2,1-2H3. The van der Waals surface area contributed by atoms with E-state index in [-0.39, 0.29) is 0 Å². The first-order valence-electron chi connectivity index (χ1n) is 5.23. The Labute approximate surface area is 91.7 Å². The number of rotatable bonds is 5. The highest BCUT2D eigenvalue weighted by atomic mass is 35.5. The van der Waals surface area contributed by atoms with Gasteiger partial charge in [0.1, 0.15) is 0 Å². The average molecular weight is 212 g/mol. The summed E-state index contributed by atoms with van der Waals surface area (Å²) < 4.78 is 0. The van der Waals surface area contributed by atoms with Crippen LogP contribution in [0.25, 0.3) is 0 Å². The molecule has 0 saturated heterocycles. The van der Waals surface area contributed by atoms with Gasteiger partial charge in [-0.3, -0.25) is 4.90 Å². The molecule has 0 atom stereocenters. The van der Waals surface area contributed by atoms with Gasteiger partial charge in [0.05, 0.1) is 0 Å². The molecular formula is C12H18ClN. The van der Waals surface area contributed by atoms with Crippen molar-refractivity contribution in [1.29, 1.82) is 0 Å². The van der Waals surface area contributed by atoms with Crippen molar-refractivity contribution in [3.05, 3.63) is 34.9 Å². The maximum atomic E-state index is 5.93. The molecule has 0 bridgehead atoms. The molecule has 0 aliphatic heterocycles. The van der Waals surface area contributed by atoms with E-state index in [0.29, 0.717) is 0 Å². The summed E-state index contributed by atoms with van der Waals surface area (Å²) >= 11 is 5.93. The molecule has 0 aliphatic rings. The van der Waals surface area contributed by atoms with Crippen molar-refractivity contribution in [3.8, 4) is 0 Å². The minimum Gasteiger partial charge on any atom is -0.299 e. The van der Waals surface area contributed by atoms with Crippen LogP contribution >= 0.6 is 11.6 Å². The van der Waals surface area contributed by atoms with Crippen molar-refractivity contribution in [2.24, 2.45) is 0 Å². The monoisotopic (exact) mass is 211 g/mol. The normalized spacial score (nSPS) is 10.9. The van der Waals surface area contributed by atoms with Crippen LogP contribution in [-0.2, 0) is 6.54 Å². The van der Waals surface area contributed by atoms with Crippen LogP contribution in [0.15, 0.2) is 24.3 Å². The van der Waals surface area contributed by atoms with Gasteiger partial charge in [-0.25, -0.2) is 0 Å². The third-order valence-electron chi connectivity index (χ3n) is 2.28. The van der Waals surface area contributed by atoms with Gasteiger partial charge in [-0.1, -0.05) is 37.6 Å².